The van der Waals surface area contributed by atoms with Crippen molar-refractivity contribution < 1.29 is 14.6 Å². The Hall–Kier alpha value is -0.870. The molecule has 20 heavy (non-hydrogen) atoms. The van der Waals surface area contributed by atoms with Gasteiger partial charge in [-0.25, -0.2) is 4.79 Å². The van der Waals surface area contributed by atoms with Crippen molar-refractivity contribution >= 4 is 21.9 Å². The predicted molar refractivity (Wildman–Crippen MR) is 81.9 cm³/mol. The molecule has 1 saturated carbocycles. The van der Waals surface area contributed by atoms with Crippen molar-refractivity contribution in [3.8, 4) is 0 Å². The summed E-state index contributed by atoms with van der Waals surface area (Å²) in [4.78, 5) is 10.9. The molecule has 0 atom stereocenters. The molecule has 1 aromatic carbocycles. The van der Waals surface area contributed by atoms with E-state index < -0.39 is 5.97 Å². The molecule has 0 amide bonds. The second-order valence-corrected chi connectivity index (χ2v) is 7.14. The number of aromatic carboxylic acids is 1. The topological polar surface area (TPSA) is 46.5 Å². The van der Waals surface area contributed by atoms with Gasteiger partial charge < -0.3 is 9.84 Å². The van der Waals surface area contributed by atoms with Crippen LogP contribution in [0.25, 0.3) is 0 Å². The number of carboxylic acids is 1. The predicted octanol–water partition coefficient (Wildman–Crippen LogP) is 4.63. The van der Waals surface area contributed by atoms with Gasteiger partial charge in [-0.3, -0.25) is 0 Å². The van der Waals surface area contributed by atoms with Crippen LogP contribution in [-0.2, 0) is 11.3 Å². The van der Waals surface area contributed by atoms with Gasteiger partial charge >= 0.3 is 5.97 Å². The first-order chi connectivity index (χ1) is 9.37. The Labute approximate surface area is 128 Å². The van der Waals surface area contributed by atoms with Crippen molar-refractivity contribution in [3.05, 3.63) is 33.8 Å². The quantitative estimate of drug-likeness (QED) is 0.868. The lowest BCUT2D eigenvalue weighted by Crippen LogP contribution is -2.26. The van der Waals surface area contributed by atoms with Gasteiger partial charge in [-0.15, -0.1) is 0 Å². The lowest BCUT2D eigenvalue weighted by molar-refractivity contribution is -0.00580. The summed E-state index contributed by atoms with van der Waals surface area (Å²) >= 11 is 3.42. The lowest BCUT2D eigenvalue weighted by Gasteiger charge is -2.34. The molecular formula is C16H21BrO3. The van der Waals surface area contributed by atoms with Gasteiger partial charge in [0.1, 0.15) is 0 Å². The molecule has 110 valence electrons. The molecule has 1 N–H and O–H groups in total. The minimum absolute atomic E-state index is 0.292. The summed E-state index contributed by atoms with van der Waals surface area (Å²) < 4.78 is 6.77. The number of hydrogen-bond acceptors (Lipinski definition) is 2. The van der Waals surface area contributed by atoms with Crippen LogP contribution < -0.4 is 0 Å². The van der Waals surface area contributed by atoms with Gasteiger partial charge in [0, 0.05) is 4.47 Å². The van der Waals surface area contributed by atoms with E-state index in [9.17, 15) is 4.79 Å². The average molecular weight is 341 g/mol. The number of rotatable bonds is 4. The van der Waals surface area contributed by atoms with Crippen LogP contribution >= 0.6 is 15.9 Å². The van der Waals surface area contributed by atoms with Crippen LogP contribution in [0.3, 0.4) is 0 Å². The largest absolute Gasteiger partial charge is 0.478 e. The molecule has 1 aromatic rings. The van der Waals surface area contributed by atoms with Crippen LogP contribution in [0.15, 0.2) is 22.7 Å². The van der Waals surface area contributed by atoms with E-state index in [2.05, 4.69) is 29.8 Å². The van der Waals surface area contributed by atoms with E-state index in [0.29, 0.717) is 23.7 Å². The molecule has 0 unspecified atom stereocenters. The van der Waals surface area contributed by atoms with Crippen molar-refractivity contribution in [1.82, 2.24) is 0 Å². The van der Waals surface area contributed by atoms with Crippen LogP contribution in [-0.4, -0.2) is 17.2 Å². The molecule has 0 radical (unpaired) electrons. The molecule has 3 nitrogen and oxygen atoms in total. The Morgan fingerprint density at radius 2 is 2.05 bits per heavy atom. The number of ether oxygens (including phenoxy) is 1. The number of halogens is 1. The zero-order valence-electron chi connectivity index (χ0n) is 12.0. The van der Waals surface area contributed by atoms with Crippen molar-refractivity contribution in [2.24, 2.45) is 5.41 Å². The van der Waals surface area contributed by atoms with Crippen LogP contribution in [0.2, 0.25) is 0 Å². The highest BCUT2D eigenvalue weighted by Crippen LogP contribution is 2.36. The molecule has 2 rings (SSSR count). The molecule has 0 saturated heterocycles. The molecule has 4 heteroatoms. The molecule has 1 fully saturated rings. The van der Waals surface area contributed by atoms with E-state index in [4.69, 9.17) is 9.84 Å². The van der Waals surface area contributed by atoms with Crippen molar-refractivity contribution in [2.45, 2.75) is 52.2 Å². The minimum atomic E-state index is -0.910. The van der Waals surface area contributed by atoms with E-state index >= 15 is 0 Å². The fourth-order valence-corrected chi connectivity index (χ4v) is 3.04. The number of hydrogen-bond donors (Lipinski definition) is 1. The summed E-state index contributed by atoms with van der Waals surface area (Å²) in [6.45, 7) is 5.15. The van der Waals surface area contributed by atoms with Gasteiger partial charge in [-0.05, 0) is 48.8 Å². The fourth-order valence-electron chi connectivity index (χ4n) is 2.54. The standard InChI is InChI=1S/C16H21BrO3/c1-16(2)7-5-13(6-8-16)20-10-12-4-3-11(15(18)19)9-14(12)17/h3-4,9,13H,5-8,10H2,1-2H3,(H,18,19). The summed E-state index contributed by atoms with van der Waals surface area (Å²) in [7, 11) is 0. The highest BCUT2D eigenvalue weighted by atomic mass is 79.9. The summed E-state index contributed by atoms with van der Waals surface area (Å²) in [5.41, 5.74) is 1.74. The minimum Gasteiger partial charge on any atom is -0.478 e. The molecule has 0 bridgehead atoms. The maximum absolute atomic E-state index is 10.9. The summed E-state index contributed by atoms with van der Waals surface area (Å²) in [5, 5.41) is 8.93. The monoisotopic (exact) mass is 340 g/mol. The number of benzene rings is 1. The zero-order valence-corrected chi connectivity index (χ0v) is 13.6. The van der Waals surface area contributed by atoms with E-state index in [1.807, 2.05) is 6.07 Å². The summed E-state index contributed by atoms with van der Waals surface area (Å²) in [6.07, 6.45) is 4.96. The normalized spacial score (nSPS) is 18.9. The molecule has 0 heterocycles. The Bertz CT molecular complexity index is 486. The van der Waals surface area contributed by atoms with Crippen LogP contribution in [0, 0.1) is 5.41 Å². The molecular weight excluding hydrogens is 320 g/mol. The van der Waals surface area contributed by atoms with Gasteiger partial charge in [0.2, 0.25) is 0 Å². The van der Waals surface area contributed by atoms with Gasteiger partial charge in [0.05, 0.1) is 18.3 Å². The molecule has 0 aromatic heterocycles. The first-order valence-electron chi connectivity index (χ1n) is 7.01. The second-order valence-electron chi connectivity index (χ2n) is 6.29. The maximum Gasteiger partial charge on any atom is 0.335 e. The first kappa shape index (κ1) is 15.5. The van der Waals surface area contributed by atoms with Crippen molar-refractivity contribution in [1.29, 1.82) is 0 Å². The molecule has 0 spiro atoms. The Morgan fingerprint density at radius 1 is 1.40 bits per heavy atom. The SMILES string of the molecule is CC1(C)CCC(OCc2ccc(C(=O)O)cc2Br)CC1. The highest BCUT2D eigenvalue weighted by molar-refractivity contribution is 9.10. The van der Waals surface area contributed by atoms with E-state index in [0.717, 1.165) is 22.9 Å². The lowest BCUT2D eigenvalue weighted by atomic mass is 9.76. The number of carboxylic acid groups (broad SMARTS) is 1. The summed E-state index contributed by atoms with van der Waals surface area (Å²) in [5.74, 6) is -0.910. The highest BCUT2D eigenvalue weighted by Gasteiger charge is 2.27. The van der Waals surface area contributed by atoms with Crippen LogP contribution in [0.1, 0.15) is 55.5 Å². The second kappa shape index (κ2) is 6.27. The smallest absolute Gasteiger partial charge is 0.335 e. The third-order valence-electron chi connectivity index (χ3n) is 4.06. The third kappa shape index (κ3) is 4.06. The summed E-state index contributed by atoms with van der Waals surface area (Å²) in [6, 6.07) is 5.07. The molecule has 1 aliphatic carbocycles. The van der Waals surface area contributed by atoms with Crippen LogP contribution in [0.4, 0.5) is 0 Å². The van der Waals surface area contributed by atoms with Gasteiger partial charge in [0.15, 0.2) is 0 Å². The average Bonchev–Trinajstić information content (AvgIpc) is 2.38. The Kier molecular flexibility index (Phi) is 4.86. The Morgan fingerprint density at radius 3 is 2.60 bits per heavy atom. The van der Waals surface area contributed by atoms with Gasteiger partial charge in [0.25, 0.3) is 0 Å². The zero-order chi connectivity index (χ0) is 14.8. The van der Waals surface area contributed by atoms with Gasteiger partial charge in [-0.1, -0.05) is 35.8 Å². The molecule has 1 aliphatic rings. The van der Waals surface area contributed by atoms with Crippen molar-refractivity contribution in [2.75, 3.05) is 0 Å². The van der Waals surface area contributed by atoms with E-state index in [-0.39, 0.29) is 0 Å². The Balaban J connectivity index is 1.90. The van der Waals surface area contributed by atoms with Gasteiger partial charge in [-0.2, -0.15) is 0 Å². The first-order valence-corrected chi connectivity index (χ1v) is 7.80. The van der Waals surface area contributed by atoms with Crippen LogP contribution in [0.5, 0.6) is 0 Å². The molecule has 0 aliphatic heterocycles. The third-order valence-corrected chi connectivity index (χ3v) is 4.80. The van der Waals surface area contributed by atoms with E-state index in [1.165, 1.54) is 12.8 Å². The van der Waals surface area contributed by atoms with Crippen molar-refractivity contribution in [3.63, 3.8) is 0 Å². The fraction of sp³-hybridized carbons (Fsp3) is 0.562. The van der Waals surface area contributed by atoms with E-state index in [1.54, 1.807) is 12.1 Å². The number of carbonyl (C=O) groups is 1. The maximum atomic E-state index is 10.9.